The van der Waals surface area contributed by atoms with Crippen molar-refractivity contribution in [1.29, 1.82) is 0 Å². The molecular weight excluding hydrogens is 419 g/mol. The van der Waals surface area contributed by atoms with Crippen LogP contribution in [0.3, 0.4) is 0 Å². The van der Waals surface area contributed by atoms with E-state index in [4.69, 9.17) is 4.74 Å². The number of nitrogens with one attached hydrogen (secondary N) is 1. The Morgan fingerprint density at radius 3 is 2.53 bits per heavy atom. The van der Waals surface area contributed by atoms with Gasteiger partial charge in [-0.15, -0.1) is 0 Å². The molecule has 9 heteroatoms. The third-order valence-electron chi connectivity index (χ3n) is 5.64. The number of nitrogens with zero attached hydrogens (tertiary/aromatic N) is 4. The zero-order chi connectivity index (χ0) is 22.9. The Kier molecular flexibility index (Phi) is 6.08. The molecule has 0 unspecified atom stereocenters. The Morgan fingerprint density at radius 1 is 1.16 bits per heavy atom. The van der Waals surface area contributed by atoms with Gasteiger partial charge in [0.1, 0.15) is 5.82 Å². The molecule has 0 radical (unpaired) electrons. The molecule has 1 aliphatic heterocycles. The van der Waals surface area contributed by atoms with Crippen molar-refractivity contribution >= 4 is 5.82 Å². The second kappa shape index (κ2) is 8.80. The van der Waals surface area contributed by atoms with E-state index in [2.05, 4.69) is 24.8 Å². The van der Waals surface area contributed by atoms with E-state index in [1.54, 1.807) is 18.6 Å². The van der Waals surface area contributed by atoms with E-state index in [-0.39, 0.29) is 12.1 Å². The fourth-order valence-electron chi connectivity index (χ4n) is 4.08. The smallest absolute Gasteiger partial charge is 0.416 e. The van der Waals surface area contributed by atoms with Gasteiger partial charge in [-0.1, -0.05) is 12.1 Å². The van der Waals surface area contributed by atoms with E-state index in [1.807, 2.05) is 20.8 Å². The zero-order valence-corrected chi connectivity index (χ0v) is 18.3. The summed E-state index contributed by atoms with van der Waals surface area (Å²) in [6.45, 7) is 7.19. The first-order valence-corrected chi connectivity index (χ1v) is 10.7. The lowest BCUT2D eigenvalue weighted by Crippen LogP contribution is -2.34. The molecule has 1 aliphatic rings. The highest BCUT2D eigenvalue weighted by Gasteiger charge is 2.31. The lowest BCUT2D eigenvalue weighted by molar-refractivity contribution is -0.137. The quantitative estimate of drug-likeness (QED) is 0.572. The lowest BCUT2D eigenvalue weighted by atomic mass is 9.92. The minimum absolute atomic E-state index is 0.115. The predicted molar refractivity (Wildman–Crippen MR) is 116 cm³/mol. The molecule has 32 heavy (non-hydrogen) atoms. The van der Waals surface area contributed by atoms with Crippen LogP contribution in [0.25, 0.3) is 11.1 Å². The van der Waals surface area contributed by atoms with Crippen LogP contribution < -0.4 is 9.64 Å². The number of aromatic nitrogens is 4. The third-order valence-corrected chi connectivity index (χ3v) is 5.64. The number of piperidine rings is 1. The molecule has 1 aromatic carbocycles. The SMILES string of the molecule is Cc1[nH]cnc1C1CCN(c2nc(OC(C)C)ncc2-c2cccc(C(F)(F)F)c2)CC1. The van der Waals surface area contributed by atoms with Crippen LogP contribution in [0.1, 0.15) is 49.6 Å². The van der Waals surface area contributed by atoms with Crippen molar-refractivity contribution in [3.8, 4) is 17.1 Å². The van der Waals surface area contributed by atoms with Crippen LogP contribution in [-0.4, -0.2) is 39.1 Å². The average molecular weight is 445 g/mol. The number of hydrogen-bond acceptors (Lipinski definition) is 5. The summed E-state index contributed by atoms with van der Waals surface area (Å²) in [6, 6.07) is 5.49. The normalized spacial score (nSPS) is 15.4. The van der Waals surface area contributed by atoms with Gasteiger partial charge < -0.3 is 14.6 Å². The number of anilines is 1. The number of alkyl halides is 3. The number of imidazole rings is 1. The van der Waals surface area contributed by atoms with Crippen LogP contribution in [0.2, 0.25) is 0 Å². The van der Waals surface area contributed by atoms with Crippen molar-refractivity contribution in [2.24, 2.45) is 0 Å². The minimum Gasteiger partial charge on any atom is -0.461 e. The maximum absolute atomic E-state index is 13.3. The molecule has 6 nitrogen and oxygen atoms in total. The summed E-state index contributed by atoms with van der Waals surface area (Å²) >= 11 is 0. The van der Waals surface area contributed by atoms with Gasteiger partial charge in [0.2, 0.25) is 0 Å². The molecule has 3 heterocycles. The highest BCUT2D eigenvalue weighted by molar-refractivity contribution is 5.76. The number of halogens is 3. The first-order chi connectivity index (χ1) is 15.2. The monoisotopic (exact) mass is 445 g/mol. The van der Waals surface area contributed by atoms with Crippen molar-refractivity contribution in [3.05, 3.63) is 53.7 Å². The summed E-state index contributed by atoms with van der Waals surface area (Å²) in [5, 5.41) is 0. The summed E-state index contributed by atoms with van der Waals surface area (Å²) in [6.07, 6.45) is 0.478. The summed E-state index contributed by atoms with van der Waals surface area (Å²) in [7, 11) is 0. The number of hydrogen-bond donors (Lipinski definition) is 1. The maximum atomic E-state index is 13.3. The molecule has 4 rings (SSSR count). The Bertz CT molecular complexity index is 1070. The number of benzene rings is 1. The van der Waals surface area contributed by atoms with E-state index >= 15 is 0 Å². The maximum Gasteiger partial charge on any atom is 0.416 e. The zero-order valence-electron chi connectivity index (χ0n) is 18.3. The fourth-order valence-corrected chi connectivity index (χ4v) is 4.08. The number of aryl methyl sites for hydroxylation is 1. The molecule has 0 aliphatic carbocycles. The Balaban J connectivity index is 1.66. The molecule has 0 saturated carbocycles. The fraction of sp³-hybridized carbons (Fsp3) is 0.435. The molecule has 170 valence electrons. The van der Waals surface area contributed by atoms with Gasteiger partial charge in [-0.25, -0.2) is 9.97 Å². The van der Waals surface area contributed by atoms with Crippen molar-refractivity contribution < 1.29 is 17.9 Å². The highest BCUT2D eigenvalue weighted by Crippen LogP contribution is 2.37. The molecule has 0 spiro atoms. The van der Waals surface area contributed by atoms with E-state index in [0.29, 0.717) is 36.0 Å². The van der Waals surface area contributed by atoms with E-state index < -0.39 is 11.7 Å². The first-order valence-electron chi connectivity index (χ1n) is 10.7. The van der Waals surface area contributed by atoms with Crippen molar-refractivity contribution in [2.75, 3.05) is 18.0 Å². The van der Waals surface area contributed by atoms with Gasteiger partial charge in [-0.05, 0) is 51.3 Å². The minimum atomic E-state index is -4.42. The van der Waals surface area contributed by atoms with Gasteiger partial charge in [0.15, 0.2) is 0 Å². The largest absolute Gasteiger partial charge is 0.461 e. The Morgan fingerprint density at radius 2 is 1.91 bits per heavy atom. The van der Waals surface area contributed by atoms with Gasteiger partial charge >= 0.3 is 12.2 Å². The summed E-state index contributed by atoms with van der Waals surface area (Å²) in [4.78, 5) is 18.5. The van der Waals surface area contributed by atoms with E-state index in [0.717, 1.165) is 36.4 Å². The lowest BCUT2D eigenvalue weighted by Gasteiger charge is -2.33. The highest BCUT2D eigenvalue weighted by atomic mass is 19.4. The topological polar surface area (TPSA) is 66.9 Å². The van der Waals surface area contributed by atoms with Crippen LogP contribution in [0.4, 0.5) is 19.0 Å². The van der Waals surface area contributed by atoms with Crippen LogP contribution in [-0.2, 0) is 6.18 Å². The van der Waals surface area contributed by atoms with Gasteiger partial charge in [0.05, 0.1) is 23.7 Å². The van der Waals surface area contributed by atoms with Gasteiger partial charge in [-0.2, -0.15) is 18.2 Å². The number of H-pyrrole nitrogens is 1. The van der Waals surface area contributed by atoms with E-state index in [9.17, 15) is 13.2 Å². The molecule has 0 amide bonds. The number of ether oxygens (including phenoxy) is 1. The second-order valence-electron chi connectivity index (χ2n) is 8.31. The van der Waals surface area contributed by atoms with Crippen molar-refractivity contribution in [3.63, 3.8) is 0 Å². The summed E-state index contributed by atoms with van der Waals surface area (Å²) in [5.41, 5.74) is 2.44. The Labute approximate surface area is 184 Å². The Hall–Kier alpha value is -3.10. The molecule has 0 atom stereocenters. The van der Waals surface area contributed by atoms with Gasteiger partial charge in [0.25, 0.3) is 0 Å². The molecule has 1 saturated heterocycles. The van der Waals surface area contributed by atoms with E-state index in [1.165, 1.54) is 6.07 Å². The van der Waals surface area contributed by atoms with Crippen LogP contribution in [0.15, 0.2) is 36.8 Å². The summed E-state index contributed by atoms with van der Waals surface area (Å²) in [5.74, 6) is 0.926. The number of rotatable bonds is 5. The van der Waals surface area contributed by atoms with Gasteiger partial charge in [0, 0.05) is 36.5 Å². The average Bonchev–Trinajstić information content (AvgIpc) is 3.19. The molecule has 1 N–H and O–H groups in total. The first kappa shape index (κ1) is 22.1. The standard InChI is InChI=1S/C23H26F3N5O/c1-14(2)32-22-27-12-19(17-5-4-6-18(11-17)23(24,25)26)21(30-22)31-9-7-16(8-10-31)20-15(3)28-13-29-20/h4-6,11-14,16H,7-10H2,1-3H3,(H,28,29). The molecule has 3 aromatic rings. The second-order valence-corrected chi connectivity index (χ2v) is 8.31. The predicted octanol–water partition coefficient (Wildman–Crippen LogP) is 5.37. The number of aromatic amines is 1. The van der Waals surface area contributed by atoms with Crippen LogP contribution >= 0.6 is 0 Å². The molecular formula is C23H26F3N5O. The van der Waals surface area contributed by atoms with Crippen molar-refractivity contribution in [1.82, 2.24) is 19.9 Å². The third kappa shape index (κ3) is 4.71. The van der Waals surface area contributed by atoms with Crippen LogP contribution in [0, 0.1) is 6.92 Å². The van der Waals surface area contributed by atoms with Crippen LogP contribution in [0.5, 0.6) is 6.01 Å². The summed E-state index contributed by atoms with van der Waals surface area (Å²) < 4.78 is 45.5. The molecule has 0 bridgehead atoms. The molecule has 2 aromatic heterocycles. The van der Waals surface area contributed by atoms with Gasteiger partial charge in [-0.3, -0.25) is 0 Å². The molecule has 1 fully saturated rings. The van der Waals surface area contributed by atoms with Crippen molar-refractivity contribution in [2.45, 2.75) is 51.8 Å².